The summed E-state index contributed by atoms with van der Waals surface area (Å²) in [6.45, 7) is 3.33. The molecule has 0 N–H and O–H groups in total. The number of aryl methyl sites for hydroxylation is 2. The largest absolute Gasteiger partial charge is 0.382 e. The van der Waals surface area contributed by atoms with Crippen LogP contribution in [-0.2, 0) is 4.84 Å². The Labute approximate surface area is 125 Å². The standard InChI is InChI=1S/C15H11N3O4/c1-8-7-12(17-9(2)16-8)15(21)22-18-13(19)10-5-3-4-6-11(10)14(18)20/h3-7H,1-2H3. The van der Waals surface area contributed by atoms with Crippen molar-refractivity contribution in [1.29, 1.82) is 0 Å². The summed E-state index contributed by atoms with van der Waals surface area (Å²) in [5.41, 5.74) is 0.981. The molecule has 1 aliphatic heterocycles. The van der Waals surface area contributed by atoms with Crippen LogP contribution >= 0.6 is 0 Å². The normalized spacial score (nSPS) is 13.3. The van der Waals surface area contributed by atoms with Gasteiger partial charge in [0.15, 0.2) is 5.69 Å². The zero-order valence-corrected chi connectivity index (χ0v) is 11.9. The second-order valence-corrected chi connectivity index (χ2v) is 4.77. The van der Waals surface area contributed by atoms with E-state index in [-0.39, 0.29) is 16.8 Å². The highest BCUT2D eigenvalue weighted by molar-refractivity contribution is 6.21. The zero-order valence-electron chi connectivity index (χ0n) is 11.9. The Morgan fingerprint density at radius 2 is 1.64 bits per heavy atom. The van der Waals surface area contributed by atoms with Crippen LogP contribution in [0.2, 0.25) is 0 Å². The number of imide groups is 1. The number of amides is 2. The van der Waals surface area contributed by atoms with Crippen LogP contribution in [0.1, 0.15) is 42.7 Å². The third-order valence-electron chi connectivity index (χ3n) is 3.11. The summed E-state index contributed by atoms with van der Waals surface area (Å²) >= 11 is 0. The minimum absolute atomic E-state index is 0.0124. The number of carbonyl (C=O) groups is 3. The topological polar surface area (TPSA) is 89.5 Å². The van der Waals surface area contributed by atoms with E-state index in [1.54, 1.807) is 26.0 Å². The molecule has 0 unspecified atom stereocenters. The summed E-state index contributed by atoms with van der Waals surface area (Å²) in [5.74, 6) is -1.83. The Morgan fingerprint density at radius 3 is 2.18 bits per heavy atom. The van der Waals surface area contributed by atoms with E-state index < -0.39 is 17.8 Å². The summed E-state index contributed by atoms with van der Waals surface area (Å²) in [7, 11) is 0. The average Bonchev–Trinajstić information content (AvgIpc) is 2.72. The number of hydrogen-bond acceptors (Lipinski definition) is 6. The molecule has 2 heterocycles. The number of fused-ring (bicyclic) bond motifs is 1. The first-order valence-electron chi connectivity index (χ1n) is 6.50. The smallest absolute Gasteiger partial charge is 0.323 e. The van der Waals surface area contributed by atoms with Crippen LogP contribution in [0.15, 0.2) is 30.3 Å². The van der Waals surface area contributed by atoms with Crippen molar-refractivity contribution >= 4 is 17.8 Å². The molecular weight excluding hydrogens is 286 g/mol. The van der Waals surface area contributed by atoms with E-state index in [1.807, 2.05) is 0 Å². The Hall–Kier alpha value is -3.09. The highest BCUT2D eigenvalue weighted by Crippen LogP contribution is 2.23. The Kier molecular flexibility index (Phi) is 3.17. The fourth-order valence-electron chi connectivity index (χ4n) is 2.20. The van der Waals surface area contributed by atoms with E-state index in [1.165, 1.54) is 18.2 Å². The minimum atomic E-state index is -0.886. The van der Waals surface area contributed by atoms with E-state index in [4.69, 9.17) is 4.84 Å². The number of hydroxylamine groups is 2. The molecule has 7 nitrogen and oxygen atoms in total. The van der Waals surface area contributed by atoms with Gasteiger partial charge in [-0.15, -0.1) is 0 Å². The molecule has 0 bridgehead atoms. The molecule has 110 valence electrons. The van der Waals surface area contributed by atoms with Crippen molar-refractivity contribution in [3.8, 4) is 0 Å². The Bertz CT molecular complexity index is 761. The number of hydrogen-bond donors (Lipinski definition) is 0. The first-order valence-corrected chi connectivity index (χ1v) is 6.50. The summed E-state index contributed by atoms with van der Waals surface area (Å²) in [5, 5.41) is 0.458. The maximum absolute atomic E-state index is 12.1. The van der Waals surface area contributed by atoms with Gasteiger partial charge in [0, 0.05) is 5.69 Å². The van der Waals surface area contributed by atoms with Gasteiger partial charge in [0.2, 0.25) is 0 Å². The summed E-state index contributed by atoms with van der Waals surface area (Å²) in [6, 6.07) is 7.69. The second-order valence-electron chi connectivity index (χ2n) is 4.77. The van der Waals surface area contributed by atoms with Crippen molar-refractivity contribution in [2.75, 3.05) is 0 Å². The van der Waals surface area contributed by atoms with Crippen molar-refractivity contribution in [3.05, 3.63) is 58.7 Å². The fourth-order valence-corrected chi connectivity index (χ4v) is 2.20. The minimum Gasteiger partial charge on any atom is -0.323 e. The molecule has 0 saturated heterocycles. The van der Waals surface area contributed by atoms with E-state index in [0.717, 1.165) is 0 Å². The molecule has 0 spiro atoms. The van der Waals surface area contributed by atoms with Crippen LogP contribution in [-0.4, -0.2) is 32.8 Å². The summed E-state index contributed by atoms with van der Waals surface area (Å²) < 4.78 is 0. The third-order valence-corrected chi connectivity index (χ3v) is 3.11. The maximum Gasteiger partial charge on any atom is 0.382 e. The third kappa shape index (κ3) is 2.22. The molecule has 1 aromatic heterocycles. The molecule has 0 saturated carbocycles. The van der Waals surface area contributed by atoms with Gasteiger partial charge in [0.05, 0.1) is 11.1 Å². The van der Waals surface area contributed by atoms with Crippen LogP contribution in [0.4, 0.5) is 0 Å². The molecule has 0 fully saturated rings. The van der Waals surface area contributed by atoms with Crippen LogP contribution < -0.4 is 0 Å². The van der Waals surface area contributed by atoms with Gasteiger partial charge in [0.1, 0.15) is 5.82 Å². The lowest BCUT2D eigenvalue weighted by Crippen LogP contribution is -2.33. The predicted octanol–water partition coefficient (Wildman–Crippen LogP) is 1.46. The Morgan fingerprint density at radius 1 is 1.05 bits per heavy atom. The molecule has 1 aromatic carbocycles. The molecule has 22 heavy (non-hydrogen) atoms. The molecule has 7 heteroatoms. The van der Waals surface area contributed by atoms with Crippen molar-refractivity contribution in [2.24, 2.45) is 0 Å². The first kappa shape index (κ1) is 13.9. The lowest BCUT2D eigenvalue weighted by atomic mass is 10.1. The van der Waals surface area contributed by atoms with E-state index in [9.17, 15) is 14.4 Å². The van der Waals surface area contributed by atoms with Crippen LogP contribution in [0, 0.1) is 13.8 Å². The van der Waals surface area contributed by atoms with Gasteiger partial charge in [-0.1, -0.05) is 17.2 Å². The van der Waals surface area contributed by atoms with Gasteiger partial charge in [-0.25, -0.2) is 14.8 Å². The second kappa shape index (κ2) is 5.03. The van der Waals surface area contributed by atoms with Gasteiger partial charge in [-0.2, -0.15) is 0 Å². The van der Waals surface area contributed by atoms with Gasteiger partial charge >= 0.3 is 5.97 Å². The van der Waals surface area contributed by atoms with E-state index >= 15 is 0 Å². The monoisotopic (exact) mass is 297 g/mol. The predicted molar refractivity (Wildman–Crippen MR) is 73.9 cm³/mol. The zero-order chi connectivity index (χ0) is 15.9. The molecule has 0 radical (unpaired) electrons. The first-order chi connectivity index (χ1) is 10.5. The van der Waals surface area contributed by atoms with Gasteiger partial charge in [-0.05, 0) is 32.0 Å². The lowest BCUT2D eigenvalue weighted by Gasteiger charge is -2.12. The molecule has 0 aliphatic carbocycles. The fraction of sp³-hybridized carbons (Fsp3) is 0.133. The SMILES string of the molecule is Cc1cc(C(=O)ON2C(=O)c3ccccc3C2=O)nc(C)n1. The summed E-state index contributed by atoms with van der Waals surface area (Å²) in [6.07, 6.45) is 0. The summed E-state index contributed by atoms with van der Waals surface area (Å²) in [4.78, 5) is 49.2. The van der Waals surface area contributed by atoms with Gasteiger partial charge < -0.3 is 4.84 Å². The number of aromatic nitrogens is 2. The molecular formula is C15H11N3O4. The van der Waals surface area contributed by atoms with Crippen LogP contribution in [0.5, 0.6) is 0 Å². The van der Waals surface area contributed by atoms with Crippen LogP contribution in [0.3, 0.4) is 0 Å². The quantitative estimate of drug-likeness (QED) is 0.780. The van der Waals surface area contributed by atoms with Gasteiger partial charge in [-0.3, -0.25) is 9.59 Å². The number of rotatable bonds is 2. The number of carbonyl (C=O) groups excluding carboxylic acids is 3. The number of nitrogens with zero attached hydrogens (tertiary/aromatic N) is 3. The van der Waals surface area contributed by atoms with E-state index in [0.29, 0.717) is 16.6 Å². The molecule has 2 aromatic rings. The highest BCUT2D eigenvalue weighted by atomic mass is 16.7. The lowest BCUT2D eigenvalue weighted by molar-refractivity contribution is -0.0588. The van der Waals surface area contributed by atoms with E-state index in [2.05, 4.69) is 9.97 Å². The molecule has 0 atom stereocenters. The maximum atomic E-state index is 12.1. The molecule has 2 amide bonds. The highest BCUT2D eigenvalue weighted by Gasteiger charge is 2.39. The van der Waals surface area contributed by atoms with Crippen molar-refractivity contribution < 1.29 is 19.2 Å². The average molecular weight is 297 g/mol. The molecule has 3 rings (SSSR count). The van der Waals surface area contributed by atoms with Gasteiger partial charge in [0.25, 0.3) is 11.8 Å². The van der Waals surface area contributed by atoms with Crippen molar-refractivity contribution in [3.63, 3.8) is 0 Å². The Balaban J connectivity index is 1.87. The number of benzene rings is 1. The van der Waals surface area contributed by atoms with Crippen LogP contribution in [0.25, 0.3) is 0 Å². The van der Waals surface area contributed by atoms with Crippen molar-refractivity contribution in [2.45, 2.75) is 13.8 Å². The van der Waals surface area contributed by atoms with Crippen molar-refractivity contribution in [1.82, 2.24) is 15.0 Å². The molecule has 1 aliphatic rings.